The second-order valence-electron chi connectivity index (χ2n) is 4.98. The van der Waals surface area contributed by atoms with Gasteiger partial charge in [-0.25, -0.2) is 4.79 Å². The first-order valence-electron chi connectivity index (χ1n) is 7.80. The highest BCUT2D eigenvalue weighted by molar-refractivity contribution is 5.84. The lowest BCUT2D eigenvalue weighted by Crippen LogP contribution is -2.29. The summed E-state index contributed by atoms with van der Waals surface area (Å²) in [6.45, 7) is 2.14. The molecule has 3 nitrogen and oxygen atoms in total. The van der Waals surface area contributed by atoms with Gasteiger partial charge in [-0.1, -0.05) is 55.5 Å². The molecule has 22 heavy (non-hydrogen) atoms. The van der Waals surface area contributed by atoms with Crippen LogP contribution in [-0.4, -0.2) is 18.9 Å². The zero-order valence-corrected chi connectivity index (χ0v) is 13.5. The van der Waals surface area contributed by atoms with Gasteiger partial charge in [0.1, 0.15) is 0 Å². The highest BCUT2D eigenvalue weighted by Gasteiger charge is 2.34. The van der Waals surface area contributed by atoms with Crippen LogP contribution in [0.3, 0.4) is 0 Å². The predicted octanol–water partition coefficient (Wildman–Crippen LogP) is 4.64. The summed E-state index contributed by atoms with van der Waals surface area (Å²) in [5.74, 6) is -1.26. The Morgan fingerprint density at radius 2 is 1.55 bits per heavy atom. The lowest BCUT2D eigenvalue weighted by atomic mass is 10.1. The third-order valence-electron chi connectivity index (χ3n) is 3.21. The Morgan fingerprint density at radius 1 is 1.00 bits per heavy atom. The average molecular weight is 302 g/mol. The van der Waals surface area contributed by atoms with Crippen molar-refractivity contribution in [3.05, 3.63) is 60.8 Å². The second-order valence-corrected chi connectivity index (χ2v) is 4.98. The molecule has 120 valence electrons. The molecule has 0 aromatic carbocycles. The van der Waals surface area contributed by atoms with Crippen LogP contribution in [0.4, 0.5) is 0 Å². The standard InChI is InChI=1S/C19H26O3/c1-3-4-5-6-7-8-9-10-11-12-13-14-16-19(21-2)17-15-18(20)22-19/h4-5,7-8,10-11,13-15,17H,3,6,9,12,16H2,1-2H3/b5-4-,8-7-,11-10-,14-13-. The first kappa shape index (κ1) is 18.2. The summed E-state index contributed by atoms with van der Waals surface area (Å²) >= 11 is 0. The van der Waals surface area contributed by atoms with E-state index in [9.17, 15) is 4.79 Å². The molecule has 0 fully saturated rings. The van der Waals surface area contributed by atoms with Gasteiger partial charge in [0.05, 0.1) is 0 Å². The minimum atomic E-state index is -0.911. The van der Waals surface area contributed by atoms with Crippen molar-refractivity contribution in [2.24, 2.45) is 0 Å². The van der Waals surface area contributed by atoms with Gasteiger partial charge in [-0.2, -0.15) is 0 Å². The first-order chi connectivity index (χ1) is 10.7. The highest BCUT2D eigenvalue weighted by atomic mass is 16.7. The molecule has 1 unspecified atom stereocenters. The first-order valence-corrected chi connectivity index (χ1v) is 7.80. The van der Waals surface area contributed by atoms with Crippen LogP contribution in [-0.2, 0) is 14.3 Å². The van der Waals surface area contributed by atoms with Gasteiger partial charge in [-0.15, -0.1) is 0 Å². The van der Waals surface area contributed by atoms with Crippen molar-refractivity contribution in [2.75, 3.05) is 7.11 Å². The zero-order chi connectivity index (χ0) is 16.1. The fourth-order valence-corrected chi connectivity index (χ4v) is 1.96. The molecule has 0 spiro atoms. The largest absolute Gasteiger partial charge is 0.426 e. The van der Waals surface area contributed by atoms with Crippen molar-refractivity contribution < 1.29 is 14.3 Å². The van der Waals surface area contributed by atoms with Gasteiger partial charge in [0.2, 0.25) is 5.79 Å². The van der Waals surface area contributed by atoms with E-state index >= 15 is 0 Å². The molecule has 0 aromatic heterocycles. The van der Waals surface area contributed by atoms with E-state index in [1.54, 1.807) is 13.2 Å². The molecule has 0 radical (unpaired) electrons. The minimum absolute atomic E-state index is 0.351. The van der Waals surface area contributed by atoms with E-state index in [4.69, 9.17) is 9.47 Å². The van der Waals surface area contributed by atoms with Crippen molar-refractivity contribution in [3.63, 3.8) is 0 Å². The number of carbonyl (C=O) groups is 1. The van der Waals surface area contributed by atoms with Crippen LogP contribution in [0.5, 0.6) is 0 Å². The van der Waals surface area contributed by atoms with Gasteiger partial charge in [-0.3, -0.25) is 0 Å². The van der Waals surface area contributed by atoms with E-state index in [-0.39, 0.29) is 5.97 Å². The van der Waals surface area contributed by atoms with Crippen LogP contribution < -0.4 is 0 Å². The fourth-order valence-electron chi connectivity index (χ4n) is 1.96. The monoisotopic (exact) mass is 302 g/mol. The van der Waals surface area contributed by atoms with E-state index in [0.29, 0.717) is 6.42 Å². The summed E-state index contributed by atoms with van der Waals surface area (Å²) in [5.41, 5.74) is 0. The highest BCUT2D eigenvalue weighted by Crippen LogP contribution is 2.25. The van der Waals surface area contributed by atoms with Crippen LogP contribution in [0.15, 0.2) is 60.8 Å². The number of hydrogen-bond acceptors (Lipinski definition) is 3. The Kier molecular flexibility index (Phi) is 8.92. The average Bonchev–Trinajstić information content (AvgIpc) is 2.90. The number of rotatable bonds is 10. The summed E-state index contributed by atoms with van der Waals surface area (Å²) < 4.78 is 10.4. The third kappa shape index (κ3) is 7.23. The van der Waals surface area contributed by atoms with E-state index in [1.807, 2.05) is 12.2 Å². The number of carbonyl (C=O) groups excluding carboxylic acids is 1. The number of methoxy groups -OCH3 is 1. The number of allylic oxidation sites excluding steroid dienone is 7. The Labute approximate surface area is 133 Å². The number of esters is 1. The minimum Gasteiger partial charge on any atom is -0.426 e. The summed E-state index contributed by atoms with van der Waals surface area (Å²) in [4.78, 5) is 11.1. The Morgan fingerprint density at radius 3 is 2.00 bits per heavy atom. The fraction of sp³-hybridized carbons (Fsp3) is 0.421. The molecule has 0 saturated carbocycles. The molecular formula is C19H26O3. The van der Waals surface area contributed by atoms with Crippen molar-refractivity contribution in [1.82, 2.24) is 0 Å². The lowest BCUT2D eigenvalue weighted by molar-refractivity contribution is -0.186. The Balaban J connectivity index is 2.16. The number of cyclic esters (lactones) is 1. The molecule has 0 N–H and O–H groups in total. The maximum Gasteiger partial charge on any atom is 0.333 e. The van der Waals surface area contributed by atoms with Crippen LogP contribution in [0, 0.1) is 0 Å². The van der Waals surface area contributed by atoms with Crippen LogP contribution in [0.2, 0.25) is 0 Å². The molecule has 0 bridgehead atoms. The molecule has 1 heterocycles. The van der Waals surface area contributed by atoms with E-state index in [2.05, 4.69) is 43.4 Å². The SMILES string of the molecule is CC/C=C\C/C=C\C/C=C\C/C=C\CC1(OC)C=CC(=O)O1. The molecule has 1 aliphatic rings. The smallest absolute Gasteiger partial charge is 0.333 e. The van der Waals surface area contributed by atoms with Crippen LogP contribution >= 0.6 is 0 Å². The van der Waals surface area contributed by atoms with Gasteiger partial charge in [-0.05, 0) is 31.8 Å². The molecule has 1 atom stereocenters. The summed E-state index contributed by atoms with van der Waals surface area (Å²) in [5, 5.41) is 0. The summed E-state index contributed by atoms with van der Waals surface area (Å²) in [6, 6.07) is 0. The summed E-state index contributed by atoms with van der Waals surface area (Å²) in [6.07, 6.45) is 24.5. The van der Waals surface area contributed by atoms with Crippen molar-refractivity contribution >= 4 is 5.97 Å². The Hall–Kier alpha value is -1.87. The summed E-state index contributed by atoms with van der Waals surface area (Å²) in [7, 11) is 1.54. The molecule has 1 rings (SSSR count). The van der Waals surface area contributed by atoms with Crippen molar-refractivity contribution in [2.45, 2.75) is 44.8 Å². The molecule has 1 aliphatic heterocycles. The van der Waals surface area contributed by atoms with Gasteiger partial charge < -0.3 is 9.47 Å². The van der Waals surface area contributed by atoms with Gasteiger partial charge >= 0.3 is 5.97 Å². The van der Waals surface area contributed by atoms with Crippen molar-refractivity contribution in [1.29, 1.82) is 0 Å². The molecule has 0 aromatic rings. The predicted molar refractivity (Wildman–Crippen MR) is 90.3 cm³/mol. The van der Waals surface area contributed by atoms with Crippen LogP contribution in [0.1, 0.15) is 39.0 Å². The molecule has 0 saturated heterocycles. The van der Waals surface area contributed by atoms with Crippen LogP contribution in [0.25, 0.3) is 0 Å². The van der Waals surface area contributed by atoms with E-state index in [0.717, 1.165) is 25.7 Å². The molecule has 0 amide bonds. The lowest BCUT2D eigenvalue weighted by Gasteiger charge is -2.22. The van der Waals surface area contributed by atoms with Gasteiger partial charge in [0, 0.05) is 19.6 Å². The number of ether oxygens (including phenoxy) is 2. The van der Waals surface area contributed by atoms with E-state index < -0.39 is 5.79 Å². The molecular weight excluding hydrogens is 276 g/mol. The topological polar surface area (TPSA) is 35.5 Å². The third-order valence-corrected chi connectivity index (χ3v) is 3.21. The van der Waals surface area contributed by atoms with Crippen molar-refractivity contribution in [3.8, 4) is 0 Å². The van der Waals surface area contributed by atoms with Gasteiger partial charge in [0.15, 0.2) is 0 Å². The second kappa shape index (κ2) is 10.8. The van der Waals surface area contributed by atoms with Gasteiger partial charge in [0.25, 0.3) is 0 Å². The molecule has 3 heteroatoms. The quantitative estimate of drug-likeness (QED) is 0.436. The maximum atomic E-state index is 11.1. The maximum absolute atomic E-state index is 11.1. The Bertz CT molecular complexity index is 469. The van der Waals surface area contributed by atoms with E-state index in [1.165, 1.54) is 6.08 Å². The molecule has 0 aliphatic carbocycles. The number of hydrogen-bond donors (Lipinski definition) is 0. The normalized spacial score (nSPS) is 22.0. The zero-order valence-electron chi connectivity index (χ0n) is 13.5.